The summed E-state index contributed by atoms with van der Waals surface area (Å²) in [7, 11) is 1.79. The molecule has 0 aliphatic rings. The van der Waals surface area contributed by atoms with Crippen molar-refractivity contribution in [1.82, 2.24) is 10.2 Å². The van der Waals surface area contributed by atoms with Crippen molar-refractivity contribution in [1.29, 1.82) is 0 Å². The maximum Gasteiger partial charge on any atom is 0.158 e. The number of nitrogens with one attached hydrogen (secondary N) is 1. The van der Waals surface area contributed by atoms with Gasteiger partial charge in [0.1, 0.15) is 6.29 Å². The number of hydrogen-bond donors (Lipinski definition) is 2. The summed E-state index contributed by atoms with van der Waals surface area (Å²) >= 11 is 6.55. The normalized spacial score (nSPS) is 11.6. The lowest BCUT2D eigenvalue weighted by molar-refractivity contribution is -0.106. The molecule has 1 unspecified atom stereocenters. The Morgan fingerprint density at radius 1 is 1.23 bits per heavy atom. The number of rotatable bonds is 15. The number of anilines is 3. The summed E-state index contributed by atoms with van der Waals surface area (Å²) in [4.78, 5) is 13.1. The Morgan fingerprint density at radius 3 is 2.45 bits per heavy atom. The number of unbranched alkanes of at least 4 members (excludes halogenated alkanes) is 1. The molecule has 0 amide bonds. The highest BCUT2D eigenvalue weighted by Crippen LogP contribution is 2.33. The summed E-state index contributed by atoms with van der Waals surface area (Å²) < 4.78 is 5.13. The molecule has 0 saturated carbocycles. The molecule has 0 aliphatic carbocycles. The monoisotopic (exact) mass is 571 g/mol. The van der Waals surface area contributed by atoms with E-state index in [9.17, 15) is 0 Å². The fraction of sp³-hybridized carbons (Fsp3) is 0.500. The highest BCUT2D eigenvalue weighted by Gasteiger charge is 2.16. The number of aryl methyl sites for hydroxylation is 1. The van der Waals surface area contributed by atoms with Crippen LogP contribution in [0.3, 0.4) is 0 Å². The number of halogens is 1. The van der Waals surface area contributed by atoms with E-state index in [2.05, 4.69) is 54.8 Å². The van der Waals surface area contributed by atoms with Crippen LogP contribution in [0.15, 0.2) is 54.2 Å². The van der Waals surface area contributed by atoms with Crippen LogP contribution in [0.1, 0.15) is 90.2 Å². The number of nitrogens with two attached hydrogens (primary N) is 1. The molecular formula is C32H50ClN5O2. The van der Waals surface area contributed by atoms with Gasteiger partial charge in [-0.1, -0.05) is 76.9 Å². The Labute approximate surface area is 247 Å². The quantitative estimate of drug-likeness (QED) is 0.0960. The van der Waals surface area contributed by atoms with Crippen LogP contribution in [0.25, 0.3) is 0 Å². The lowest BCUT2D eigenvalue weighted by Gasteiger charge is -2.18. The van der Waals surface area contributed by atoms with Crippen molar-refractivity contribution in [2.45, 2.75) is 85.5 Å². The first-order valence-electron chi connectivity index (χ1n) is 14.2. The molecule has 1 atom stereocenters. The van der Waals surface area contributed by atoms with E-state index in [-0.39, 0.29) is 0 Å². The molecule has 1 aromatic carbocycles. The molecule has 0 spiro atoms. The molecule has 0 radical (unpaired) electrons. The van der Waals surface area contributed by atoms with Crippen molar-refractivity contribution in [3.05, 3.63) is 65.4 Å². The Balaban J connectivity index is 0.00000130. The standard InChI is InChI=1S/C24H32ClN5.C6H14O.C2H4O/c1-5-7-9-17(3)23-22(26)16-28-30-24(23)29-20-14-12-18(21(25)15-20)11-13-19(27-4)10-8-6-2;1-3-5-7-6-4-2;1-2-3/h6,8,10,12,14-17H,2,5,7,9,11,13H2,1,3-4H3,(H3,26,29,30);3-6H2,1-2H3;2H,1H3/b10-8-,27-19?;;. The van der Waals surface area contributed by atoms with E-state index in [1.165, 1.54) is 6.92 Å². The van der Waals surface area contributed by atoms with Gasteiger partial charge in [-0.2, -0.15) is 5.10 Å². The van der Waals surface area contributed by atoms with Gasteiger partial charge >= 0.3 is 0 Å². The minimum atomic E-state index is 0.299. The van der Waals surface area contributed by atoms with Gasteiger partial charge < -0.3 is 20.6 Å². The second kappa shape index (κ2) is 23.8. The lowest BCUT2D eigenvalue weighted by atomic mass is 9.95. The number of benzene rings is 1. The Morgan fingerprint density at radius 2 is 1.90 bits per heavy atom. The molecule has 7 nitrogen and oxygen atoms in total. The third-order valence-corrected chi connectivity index (χ3v) is 6.13. The van der Waals surface area contributed by atoms with Crippen molar-refractivity contribution >= 4 is 40.8 Å². The molecule has 0 saturated heterocycles. The topological polar surface area (TPSA) is 102 Å². The van der Waals surface area contributed by atoms with Crippen LogP contribution >= 0.6 is 11.6 Å². The highest BCUT2D eigenvalue weighted by atomic mass is 35.5. The number of aromatic nitrogens is 2. The largest absolute Gasteiger partial charge is 0.397 e. The predicted molar refractivity (Wildman–Crippen MR) is 173 cm³/mol. The van der Waals surface area contributed by atoms with Crippen LogP contribution in [-0.4, -0.2) is 42.5 Å². The number of aliphatic imine (C=N–C) groups is 1. The first-order valence-corrected chi connectivity index (χ1v) is 14.6. The summed E-state index contributed by atoms with van der Waals surface area (Å²) in [5.41, 5.74) is 10.8. The summed E-state index contributed by atoms with van der Waals surface area (Å²) in [6.45, 7) is 15.6. The van der Waals surface area contributed by atoms with Gasteiger partial charge in [-0.25, -0.2) is 0 Å². The first kappa shape index (κ1) is 37.0. The number of hydrogen-bond acceptors (Lipinski definition) is 7. The van der Waals surface area contributed by atoms with Gasteiger partial charge in [0.25, 0.3) is 0 Å². The van der Waals surface area contributed by atoms with Gasteiger partial charge in [0, 0.05) is 42.2 Å². The molecule has 3 N–H and O–H groups in total. The third-order valence-electron chi connectivity index (χ3n) is 5.78. The van der Waals surface area contributed by atoms with Gasteiger partial charge in [-0.05, 0) is 68.7 Å². The molecule has 1 aromatic heterocycles. The van der Waals surface area contributed by atoms with Crippen LogP contribution in [-0.2, 0) is 16.0 Å². The van der Waals surface area contributed by atoms with E-state index >= 15 is 0 Å². The molecule has 40 heavy (non-hydrogen) atoms. The lowest BCUT2D eigenvalue weighted by Crippen LogP contribution is -2.08. The molecule has 1 heterocycles. The van der Waals surface area contributed by atoms with Crippen molar-refractivity contribution in [3.63, 3.8) is 0 Å². The van der Waals surface area contributed by atoms with E-state index < -0.39 is 0 Å². The van der Waals surface area contributed by atoms with Crippen molar-refractivity contribution in [2.75, 3.05) is 31.3 Å². The van der Waals surface area contributed by atoms with Crippen LogP contribution in [0.2, 0.25) is 5.02 Å². The van der Waals surface area contributed by atoms with Gasteiger partial charge in [0.05, 0.1) is 11.9 Å². The minimum Gasteiger partial charge on any atom is -0.397 e. The molecular weight excluding hydrogens is 522 g/mol. The van der Waals surface area contributed by atoms with E-state index in [0.29, 0.717) is 22.4 Å². The maximum absolute atomic E-state index is 8.81. The van der Waals surface area contributed by atoms with Crippen molar-refractivity contribution in [3.8, 4) is 0 Å². The summed E-state index contributed by atoms with van der Waals surface area (Å²) in [6.07, 6.45) is 15.2. The second-order valence-corrected chi connectivity index (χ2v) is 9.60. The van der Waals surface area contributed by atoms with E-state index in [1.807, 2.05) is 30.4 Å². The van der Waals surface area contributed by atoms with E-state index in [0.717, 1.165) is 87.0 Å². The number of carbonyl (C=O) groups is 1. The summed E-state index contributed by atoms with van der Waals surface area (Å²) in [5, 5.41) is 12.4. The van der Waals surface area contributed by atoms with Crippen LogP contribution in [0.4, 0.5) is 17.2 Å². The number of nitrogens with zero attached hydrogens (tertiary/aromatic N) is 3. The average Bonchev–Trinajstić information content (AvgIpc) is 2.94. The molecule has 0 bridgehead atoms. The van der Waals surface area contributed by atoms with E-state index in [4.69, 9.17) is 26.9 Å². The van der Waals surface area contributed by atoms with Gasteiger partial charge in [0.15, 0.2) is 5.82 Å². The third kappa shape index (κ3) is 15.5. The first-order chi connectivity index (χ1) is 19.3. The zero-order chi connectivity index (χ0) is 30.2. The number of ether oxygens (including phenoxy) is 1. The zero-order valence-electron chi connectivity index (χ0n) is 25.4. The van der Waals surface area contributed by atoms with E-state index in [1.54, 1.807) is 19.3 Å². The Bertz CT molecular complexity index is 1040. The molecule has 0 aliphatic heterocycles. The smallest absolute Gasteiger partial charge is 0.158 e. The van der Waals surface area contributed by atoms with Crippen LogP contribution in [0, 0.1) is 0 Å². The van der Waals surface area contributed by atoms with Gasteiger partial charge in [-0.3, -0.25) is 4.99 Å². The molecule has 2 aromatic rings. The molecule has 222 valence electrons. The number of aldehydes is 1. The van der Waals surface area contributed by atoms with Gasteiger partial charge in [-0.15, -0.1) is 5.10 Å². The zero-order valence-corrected chi connectivity index (χ0v) is 26.1. The Hall–Kier alpha value is -3.03. The fourth-order valence-corrected chi connectivity index (χ4v) is 4.02. The number of carbonyl (C=O) groups excluding carboxylic acids is 1. The molecule has 0 fully saturated rings. The highest BCUT2D eigenvalue weighted by molar-refractivity contribution is 6.31. The van der Waals surface area contributed by atoms with Crippen molar-refractivity contribution < 1.29 is 9.53 Å². The molecule has 8 heteroatoms. The summed E-state index contributed by atoms with van der Waals surface area (Å²) in [5.74, 6) is 0.991. The number of allylic oxidation sites excluding steroid dienone is 3. The van der Waals surface area contributed by atoms with Crippen molar-refractivity contribution in [2.24, 2.45) is 4.99 Å². The minimum absolute atomic E-state index is 0.299. The predicted octanol–water partition coefficient (Wildman–Crippen LogP) is 8.52. The maximum atomic E-state index is 8.81. The number of nitrogen functional groups attached to an aromatic ring is 1. The van der Waals surface area contributed by atoms with Crippen LogP contribution in [0.5, 0.6) is 0 Å². The molecule has 2 rings (SSSR count). The fourth-order valence-electron chi connectivity index (χ4n) is 3.74. The average molecular weight is 572 g/mol. The Kier molecular flexibility index (Phi) is 22.0. The SMILES string of the molecule is C=C/C=C\C(CCc1ccc(Nc2nncc(N)c2C(C)CCCC)cc1Cl)=NC.CC=O.CCCOCCC. The summed E-state index contributed by atoms with van der Waals surface area (Å²) in [6, 6.07) is 5.97. The van der Waals surface area contributed by atoms with Crippen LogP contribution < -0.4 is 11.1 Å². The second-order valence-electron chi connectivity index (χ2n) is 9.19. The van der Waals surface area contributed by atoms with Gasteiger partial charge in [0.2, 0.25) is 0 Å².